The van der Waals surface area contributed by atoms with E-state index in [2.05, 4.69) is 0 Å². The maximum absolute atomic E-state index is 5.99. The summed E-state index contributed by atoms with van der Waals surface area (Å²) in [6, 6.07) is 7.83. The van der Waals surface area contributed by atoms with E-state index in [-0.39, 0.29) is 6.29 Å². The smallest absolute Gasteiger partial charge is 0.154 e. The van der Waals surface area contributed by atoms with E-state index in [1.807, 2.05) is 31.2 Å². The highest BCUT2D eigenvalue weighted by atomic mass is 16.7. The summed E-state index contributed by atoms with van der Waals surface area (Å²) in [6.45, 7) is 2.88. The molecular weight excluding hydrogens is 268 g/mol. The highest BCUT2D eigenvalue weighted by Crippen LogP contribution is 2.24. The van der Waals surface area contributed by atoms with Crippen molar-refractivity contribution in [2.45, 2.75) is 51.4 Å². The van der Waals surface area contributed by atoms with Crippen molar-refractivity contribution in [3.05, 3.63) is 24.3 Å². The Kier molecular flexibility index (Phi) is 6.83. The Labute approximate surface area is 127 Å². The summed E-state index contributed by atoms with van der Waals surface area (Å²) >= 11 is 0. The van der Waals surface area contributed by atoms with Gasteiger partial charge in [0, 0.05) is 7.11 Å². The lowest BCUT2D eigenvalue weighted by Crippen LogP contribution is -2.19. The van der Waals surface area contributed by atoms with Gasteiger partial charge in [-0.1, -0.05) is 6.42 Å². The number of benzene rings is 1. The topological polar surface area (TPSA) is 36.9 Å². The highest BCUT2D eigenvalue weighted by molar-refractivity contribution is 5.31. The van der Waals surface area contributed by atoms with Crippen molar-refractivity contribution in [3.63, 3.8) is 0 Å². The van der Waals surface area contributed by atoms with Crippen LogP contribution in [0.2, 0.25) is 0 Å². The largest absolute Gasteiger partial charge is 0.491 e. The molecule has 1 unspecified atom stereocenters. The Morgan fingerprint density at radius 1 is 1.00 bits per heavy atom. The molecule has 0 N–H and O–H groups in total. The number of hydrogen-bond donors (Lipinski definition) is 0. The Hall–Kier alpha value is -1.26. The van der Waals surface area contributed by atoms with Crippen molar-refractivity contribution < 1.29 is 18.9 Å². The minimum absolute atomic E-state index is 0.195. The zero-order valence-electron chi connectivity index (χ0n) is 13.0. The number of ether oxygens (including phenoxy) is 4. The van der Waals surface area contributed by atoms with Gasteiger partial charge in [-0.2, -0.15) is 0 Å². The van der Waals surface area contributed by atoms with Crippen LogP contribution in [0.4, 0.5) is 0 Å². The molecule has 0 spiro atoms. The van der Waals surface area contributed by atoms with Crippen LogP contribution in [0.15, 0.2) is 24.3 Å². The quantitative estimate of drug-likeness (QED) is 0.540. The Balaban J connectivity index is 1.68. The molecule has 1 aliphatic carbocycles. The molecule has 1 aliphatic rings. The molecule has 0 aromatic heterocycles. The second-order valence-corrected chi connectivity index (χ2v) is 5.37. The van der Waals surface area contributed by atoms with Crippen molar-refractivity contribution in [3.8, 4) is 11.5 Å². The van der Waals surface area contributed by atoms with E-state index in [1.165, 1.54) is 32.1 Å². The lowest BCUT2D eigenvalue weighted by Gasteiger charge is -2.23. The van der Waals surface area contributed by atoms with E-state index in [0.29, 0.717) is 19.3 Å². The third-order valence-electron chi connectivity index (χ3n) is 3.72. The van der Waals surface area contributed by atoms with E-state index in [0.717, 1.165) is 11.5 Å². The van der Waals surface area contributed by atoms with Gasteiger partial charge in [0.2, 0.25) is 0 Å². The van der Waals surface area contributed by atoms with Gasteiger partial charge in [0.1, 0.15) is 18.1 Å². The lowest BCUT2D eigenvalue weighted by atomic mass is 9.98. The predicted octanol–water partition coefficient (Wildman–Crippen LogP) is 3.79. The van der Waals surface area contributed by atoms with Gasteiger partial charge in [-0.15, -0.1) is 0 Å². The van der Waals surface area contributed by atoms with E-state index in [1.54, 1.807) is 7.11 Å². The minimum Gasteiger partial charge on any atom is -0.491 e. The van der Waals surface area contributed by atoms with Crippen LogP contribution in [0.5, 0.6) is 11.5 Å². The fourth-order valence-corrected chi connectivity index (χ4v) is 2.43. The Morgan fingerprint density at radius 2 is 1.67 bits per heavy atom. The molecule has 0 radical (unpaired) electrons. The molecule has 0 heterocycles. The number of hydrogen-bond acceptors (Lipinski definition) is 4. The summed E-state index contributed by atoms with van der Waals surface area (Å²) in [6.07, 6.45) is 6.45. The van der Waals surface area contributed by atoms with Crippen LogP contribution in [0.3, 0.4) is 0 Å². The molecule has 118 valence electrons. The molecule has 1 atom stereocenters. The third kappa shape index (κ3) is 5.94. The van der Waals surface area contributed by atoms with Gasteiger partial charge in [0.05, 0.1) is 12.7 Å². The van der Waals surface area contributed by atoms with Gasteiger partial charge >= 0.3 is 0 Å². The predicted molar refractivity (Wildman–Crippen MR) is 81.9 cm³/mol. The van der Waals surface area contributed by atoms with Crippen molar-refractivity contribution in [2.75, 3.05) is 20.3 Å². The second kappa shape index (κ2) is 8.90. The molecule has 1 aromatic carbocycles. The van der Waals surface area contributed by atoms with Crippen molar-refractivity contribution in [2.24, 2.45) is 0 Å². The van der Waals surface area contributed by atoms with E-state index in [4.69, 9.17) is 18.9 Å². The average Bonchev–Trinajstić information content (AvgIpc) is 2.54. The van der Waals surface area contributed by atoms with Crippen LogP contribution >= 0.6 is 0 Å². The van der Waals surface area contributed by atoms with Gasteiger partial charge in [0.15, 0.2) is 6.29 Å². The summed E-state index contributed by atoms with van der Waals surface area (Å²) in [5, 5.41) is 0. The van der Waals surface area contributed by atoms with Crippen LogP contribution < -0.4 is 9.47 Å². The first-order valence-corrected chi connectivity index (χ1v) is 7.82. The number of methoxy groups -OCH3 is 1. The molecule has 0 saturated heterocycles. The monoisotopic (exact) mass is 294 g/mol. The fourth-order valence-electron chi connectivity index (χ4n) is 2.43. The standard InChI is InChI=1S/C17H26O4/c1-14(18-2)19-12-13-20-15-8-10-17(11-9-15)21-16-6-4-3-5-7-16/h8-11,14,16H,3-7,12-13H2,1-2H3. The molecule has 1 aromatic rings. The first-order valence-electron chi connectivity index (χ1n) is 7.82. The van der Waals surface area contributed by atoms with Gasteiger partial charge in [-0.05, 0) is 56.9 Å². The van der Waals surface area contributed by atoms with Crippen molar-refractivity contribution >= 4 is 0 Å². The maximum atomic E-state index is 5.99. The molecule has 4 nitrogen and oxygen atoms in total. The minimum atomic E-state index is -0.195. The van der Waals surface area contributed by atoms with Crippen LogP contribution in [0, 0.1) is 0 Å². The van der Waals surface area contributed by atoms with Gasteiger partial charge in [-0.25, -0.2) is 0 Å². The fraction of sp³-hybridized carbons (Fsp3) is 0.647. The van der Waals surface area contributed by atoms with Crippen molar-refractivity contribution in [1.29, 1.82) is 0 Å². The molecule has 0 amide bonds. The van der Waals surface area contributed by atoms with Gasteiger partial charge < -0.3 is 18.9 Å². The number of rotatable bonds is 8. The van der Waals surface area contributed by atoms with Crippen LogP contribution in [0.1, 0.15) is 39.0 Å². The van der Waals surface area contributed by atoms with E-state index < -0.39 is 0 Å². The molecular formula is C17H26O4. The van der Waals surface area contributed by atoms with E-state index >= 15 is 0 Å². The van der Waals surface area contributed by atoms with Crippen LogP contribution in [-0.2, 0) is 9.47 Å². The lowest BCUT2D eigenvalue weighted by molar-refractivity contribution is -0.115. The molecule has 1 fully saturated rings. The summed E-state index contributed by atoms with van der Waals surface area (Å²) in [7, 11) is 1.62. The summed E-state index contributed by atoms with van der Waals surface area (Å²) < 4.78 is 22.0. The average molecular weight is 294 g/mol. The van der Waals surface area contributed by atoms with Crippen molar-refractivity contribution in [1.82, 2.24) is 0 Å². The summed E-state index contributed by atoms with van der Waals surface area (Å²) in [5.74, 6) is 1.76. The molecule has 4 heteroatoms. The highest BCUT2D eigenvalue weighted by Gasteiger charge is 2.14. The molecule has 2 rings (SSSR count). The van der Waals surface area contributed by atoms with E-state index in [9.17, 15) is 0 Å². The summed E-state index contributed by atoms with van der Waals surface area (Å²) in [4.78, 5) is 0. The molecule has 0 bridgehead atoms. The normalized spacial score (nSPS) is 17.4. The maximum Gasteiger partial charge on any atom is 0.154 e. The Bertz CT molecular complexity index is 384. The molecule has 21 heavy (non-hydrogen) atoms. The zero-order chi connectivity index (χ0) is 14.9. The first kappa shape index (κ1) is 16.1. The second-order valence-electron chi connectivity index (χ2n) is 5.37. The van der Waals surface area contributed by atoms with Crippen LogP contribution in [0.25, 0.3) is 0 Å². The Morgan fingerprint density at radius 3 is 2.33 bits per heavy atom. The SMILES string of the molecule is COC(C)OCCOc1ccc(OC2CCCCC2)cc1. The van der Waals surface area contributed by atoms with Gasteiger partial charge in [0.25, 0.3) is 0 Å². The van der Waals surface area contributed by atoms with Gasteiger partial charge in [-0.3, -0.25) is 0 Å². The summed E-state index contributed by atoms with van der Waals surface area (Å²) in [5.41, 5.74) is 0. The first-order chi connectivity index (χ1) is 10.3. The third-order valence-corrected chi connectivity index (χ3v) is 3.72. The molecule has 0 aliphatic heterocycles. The van der Waals surface area contributed by atoms with Crippen LogP contribution in [-0.4, -0.2) is 32.7 Å². The molecule has 1 saturated carbocycles. The zero-order valence-corrected chi connectivity index (χ0v) is 13.0.